The van der Waals surface area contributed by atoms with Crippen LogP contribution in [0.5, 0.6) is 5.75 Å². The van der Waals surface area contributed by atoms with Crippen LogP contribution in [-0.2, 0) is 9.53 Å². The van der Waals surface area contributed by atoms with E-state index in [-0.39, 0.29) is 41.7 Å². The van der Waals surface area contributed by atoms with Crippen molar-refractivity contribution in [1.82, 2.24) is 10.6 Å². The van der Waals surface area contributed by atoms with Crippen molar-refractivity contribution in [3.05, 3.63) is 59.1 Å². The Hall–Kier alpha value is -3.83. The lowest BCUT2D eigenvalue weighted by molar-refractivity contribution is -0.123. The number of hydrogen-bond acceptors (Lipinski definition) is 9. The summed E-state index contributed by atoms with van der Waals surface area (Å²) in [4.78, 5) is 27.0. The number of benzene rings is 1. The van der Waals surface area contributed by atoms with Crippen molar-refractivity contribution in [3.63, 3.8) is 0 Å². The molecule has 5 rings (SSSR count). The van der Waals surface area contributed by atoms with E-state index in [0.717, 1.165) is 50.7 Å². The number of nitrogens with two attached hydrogens (primary N) is 2. The maximum absolute atomic E-state index is 12.9. The van der Waals surface area contributed by atoms with Crippen LogP contribution < -0.4 is 31.7 Å². The van der Waals surface area contributed by atoms with Crippen LogP contribution in [-0.4, -0.2) is 66.6 Å². The second-order valence-corrected chi connectivity index (χ2v) is 12.0. The van der Waals surface area contributed by atoms with E-state index < -0.39 is 11.5 Å². The quantitative estimate of drug-likeness (QED) is 0.187. The molecule has 40 heavy (non-hydrogen) atoms. The Labute approximate surface area is 233 Å². The molecule has 1 saturated heterocycles. The van der Waals surface area contributed by atoms with Gasteiger partial charge in [-0.15, -0.1) is 0 Å². The summed E-state index contributed by atoms with van der Waals surface area (Å²) in [5.74, 6) is 0.205. The van der Waals surface area contributed by atoms with E-state index >= 15 is 0 Å². The molecule has 0 bridgehead atoms. The first-order chi connectivity index (χ1) is 18.9. The third-order valence-electron chi connectivity index (χ3n) is 7.87. The number of aliphatic hydroxyl groups is 1. The van der Waals surface area contributed by atoms with E-state index in [1.165, 1.54) is 0 Å². The maximum Gasteiger partial charge on any atom is 0.255 e. The van der Waals surface area contributed by atoms with Crippen molar-refractivity contribution < 1.29 is 24.2 Å². The molecule has 0 unspecified atom stereocenters. The zero-order valence-electron chi connectivity index (χ0n) is 22.9. The predicted molar refractivity (Wildman–Crippen MR) is 151 cm³/mol. The summed E-state index contributed by atoms with van der Waals surface area (Å²) in [7, 11) is 0. The first-order valence-corrected chi connectivity index (χ1v) is 13.6. The molecule has 2 aliphatic carbocycles. The van der Waals surface area contributed by atoms with Crippen molar-refractivity contribution in [2.24, 2.45) is 16.9 Å². The molecule has 0 radical (unpaired) electrons. The number of primary amides is 1. The summed E-state index contributed by atoms with van der Waals surface area (Å²) in [6, 6.07) is 5.65. The van der Waals surface area contributed by atoms with Gasteiger partial charge in [-0.2, -0.15) is 0 Å². The summed E-state index contributed by atoms with van der Waals surface area (Å²) in [6.07, 6.45) is 9.37. The molecule has 2 aliphatic heterocycles. The van der Waals surface area contributed by atoms with Gasteiger partial charge in [0, 0.05) is 49.3 Å². The van der Waals surface area contributed by atoms with Crippen LogP contribution in [0.25, 0.3) is 0 Å². The van der Waals surface area contributed by atoms with Gasteiger partial charge in [0.15, 0.2) is 0 Å². The van der Waals surface area contributed by atoms with Crippen LogP contribution in [0.4, 0.5) is 5.69 Å². The number of carbonyl (C=O) groups is 2. The van der Waals surface area contributed by atoms with E-state index in [1.807, 2.05) is 12.1 Å². The molecule has 3 fully saturated rings. The highest BCUT2D eigenvalue weighted by Crippen LogP contribution is 2.57. The van der Waals surface area contributed by atoms with Gasteiger partial charge < -0.3 is 47.0 Å². The fourth-order valence-corrected chi connectivity index (χ4v) is 5.78. The molecule has 0 atom stereocenters. The van der Waals surface area contributed by atoms with Gasteiger partial charge in [0.1, 0.15) is 18.1 Å². The number of carbonyl (C=O) groups excluding carboxylic acids is 2. The van der Waals surface area contributed by atoms with Crippen molar-refractivity contribution in [3.8, 4) is 5.75 Å². The Bertz CT molecular complexity index is 1280. The summed E-state index contributed by atoms with van der Waals surface area (Å²) in [6.45, 7) is 4.98. The van der Waals surface area contributed by atoms with Crippen LogP contribution in [0, 0.1) is 10.8 Å². The minimum atomic E-state index is -0.960. The Kier molecular flexibility index (Phi) is 7.36. The first kappa shape index (κ1) is 27.7. The van der Waals surface area contributed by atoms with Crippen LogP contribution >= 0.6 is 0 Å². The molecule has 2 amide bonds. The average molecular weight is 551 g/mol. The summed E-state index contributed by atoms with van der Waals surface area (Å²) in [5, 5.41) is 23.6. The molecule has 4 aliphatic rings. The maximum atomic E-state index is 12.9. The molecule has 11 nitrogen and oxygen atoms in total. The van der Waals surface area contributed by atoms with Crippen LogP contribution in [0.15, 0.2) is 53.6 Å². The van der Waals surface area contributed by atoms with E-state index in [1.54, 1.807) is 38.3 Å². The number of nitrogens with zero attached hydrogens (tertiary/aromatic N) is 1. The molecule has 0 aromatic heterocycles. The Morgan fingerprint density at radius 3 is 2.55 bits per heavy atom. The molecular weight excluding hydrogens is 512 g/mol. The van der Waals surface area contributed by atoms with Crippen molar-refractivity contribution in [2.45, 2.75) is 63.3 Å². The minimum Gasteiger partial charge on any atom is -0.489 e. The highest BCUT2D eigenvalue weighted by atomic mass is 16.5. The largest absolute Gasteiger partial charge is 0.489 e. The van der Waals surface area contributed by atoms with Gasteiger partial charge in [0.05, 0.1) is 28.5 Å². The van der Waals surface area contributed by atoms with Crippen molar-refractivity contribution >= 4 is 23.7 Å². The van der Waals surface area contributed by atoms with Crippen molar-refractivity contribution in [2.75, 3.05) is 24.6 Å². The highest BCUT2D eigenvalue weighted by Gasteiger charge is 2.54. The molecular formula is C29H38N6O5. The lowest BCUT2D eigenvalue weighted by Crippen LogP contribution is -2.59. The number of hydrogen-bond donors (Lipinski definition) is 6. The zero-order valence-corrected chi connectivity index (χ0v) is 22.9. The normalized spacial score (nSPS) is 26.9. The number of amides is 2. The minimum absolute atomic E-state index is 0.0147. The summed E-state index contributed by atoms with van der Waals surface area (Å²) in [5.41, 5.74) is 12.7. The molecule has 2 saturated carbocycles. The van der Waals surface area contributed by atoms with Crippen LogP contribution in [0.3, 0.4) is 0 Å². The number of nitrogens with one attached hydrogen (secondary N) is 3. The van der Waals surface area contributed by atoms with Gasteiger partial charge >= 0.3 is 0 Å². The highest BCUT2D eigenvalue weighted by molar-refractivity contribution is 6.12. The lowest BCUT2D eigenvalue weighted by atomic mass is 9.53. The smallest absolute Gasteiger partial charge is 0.255 e. The molecule has 214 valence electrons. The molecule has 1 aromatic rings. The predicted octanol–water partition coefficient (Wildman–Crippen LogP) is 1.43. The molecule has 2 heterocycles. The fourth-order valence-electron chi connectivity index (χ4n) is 5.78. The number of dihydropyridines is 1. The van der Waals surface area contributed by atoms with E-state index in [9.17, 15) is 14.7 Å². The monoisotopic (exact) mass is 550 g/mol. The summed E-state index contributed by atoms with van der Waals surface area (Å²) < 4.78 is 11.8. The summed E-state index contributed by atoms with van der Waals surface area (Å²) >= 11 is 0. The van der Waals surface area contributed by atoms with E-state index in [2.05, 4.69) is 15.5 Å². The third kappa shape index (κ3) is 6.00. The second kappa shape index (κ2) is 10.6. The van der Waals surface area contributed by atoms with Crippen molar-refractivity contribution in [1.29, 1.82) is 5.41 Å². The lowest BCUT2D eigenvalue weighted by Gasteiger charge is -2.57. The third-order valence-corrected chi connectivity index (χ3v) is 7.87. The van der Waals surface area contributed by atoms with Crippen LogP contribution in [0.2, 0.25) is 0 Å². The molecule has 1 aromatic carbocycles. The zero-order chi connectivity index (χ0) is 28.7. The topological polar surface area (TPSA) is 176 Å². The van der Waals surface area contributed by atoms with Gasteiger partial charge in [0.25, 0.3) is 11.8 Å². The number of anilines is 1. The Morgan fingerprint density at radius 2 is 1.98 bits per heavy atom. The van der Waals surface area contributed by atoms with Gasteiger partial charge in [0.2, 0.25) is 0 Å². The standard InChI is InChI=1S/C29H38N6O5/c1-28(2,38)16-39-20-4-6-24(33-13-20)23(12-30)27(37)34-18-8-29(9-18)10-21(11-29)40-25-7-19(35-14-17(31)15-35)3-5-22(25)26(32)36/h3-7,12-13,17-18,21,30,33,38H,8-11,14-16,31H2,1-2H3,(H2,32,36)(H,34,37)/b24-23+,30-12?. The molecule has 11 heteroatoms. The van der Waals surface area contributed by atoms with Gasteiger partial charge in [-0.25, -0.2) is 0 Å². The van der Waals surface area contributed by atoms with Crippen LogP contribution in [0.1, 0.15) is 49.9 Å². The molecule has 8 N–H and O–H groups in total. The Morgan fingerprint density at radius 1 is 1.25 bits per heavy atom. The average Bonchev–Trinajstić information content (AvgIpc) is 2.83. The fraction of sp³-hybridized carbons (Fsp3) is 0.483. The number of ether oxygens (including phenoxy) is 2. The Balaban J connectivity index is 1.11. The number of rotatable bonds is 10. The number of allylic oxidation sites excluding steroid dienone is 2. The van der Waals surface area contributed by atoms with E-state index in [4.69, 9.17) is 26.4 Å². The van der Waals surface area contributed by atoms with Gasteiger partial charge in [-0.3, -0.25) is 9.59 Å². The molecule has 1 spiro atoms. The van der Waals surface area contributed by atoms with Gasteiger partial charge in [-0.05, 0) is 69.2 Å². The second-order valence-electron chi connectivity index (χ2n) is 12.0. The van der Waals surface area contributed by atoms with Gasteiger partial charge in [-0.1, -0.05) is 0 Å². The SMILES string of the molecule is CC(C)(O)COC1=CN/C(=C(\C=N)C(=O)NC2CC3(C2)CC(Oc2cc(N4CC(N)C4)ccc2C(N)=O)C3)C=C1. The van der Waals surface area contributed by atoms with E-state index in [0.29, 0.717) is 22.8 Å². The first-order valence-electron chi connectivity index (χ1n) is 13.6.